The number of anilines is 1. The van der Waals surface area contributed by atoms with Crippen molar-refractivity contribution in [2.45, 2.75) is 33.7 Å². The van der Waals surface area contributed by atoms with Gasteiger partial charge in [0.05, 0.1) is 17.2 Å². The van der Waals surface area contributed by atoms with Gasteiger partial charge in [-0.25, -0.2) is 4.98 Å². The predicted molar refractivity (Wildman–Crippen MR) is 99.9 cm³/mol. The molecular weight excluding hydrogens is 314 g/mol. The van der Waals surface area contributed by atoms with Crippen LogP contribution in [0.1, 0.15) is 23.6 Å². The molecule has 1 N–H and O–H groups in total. The minimum Gasteiger partial charge on any atom is -0.324 e. The number of amides is 1. The first-order chi connectivity index (χ1) is 12.0. The summed E-state index contributed by atoms with van der Waals surface area (Å²) in [6.07, 6.45) is 2.26. The molecule has 0 aliphatic heterocycles. The van der Waals surface area contributed by atoms with E-state index in [0.717, 1.165) is 28.8 Å². The van der Waals surface area contributed by atoms with Crippen LogP contribution in [-0.4, -0.2) is 15.5 Å². The highest BCUT2D eigenvalue weighted by Crippen LogP contribution is 2.21. The summed E-state index contributed by atoms with van der Waals surface area (Å²) in [5.41, 5.74) is 4.33. The lowest BCUT2D eigenvalue weighted by Gasteiger charge is -2.13. The molecule has 1 aromatic heterocycles. The molecule has 0 bridgehead atoms. The number of para-hydroxylation sites is 1. The Bertz CT molecular complexity index is 1010. The lowest BCUT2D eigenvalue weighted by Crippen LogP contribution is -2.28. The SMILES string of the molecule is CCc1cccc(C)c1NC(=O)Cn1cnc2ccc(C)cc2c1=O. The van der Waals surface area contributed by atoms with Crippen molar-refractivity contribution in [2.75, 3.05) is 5.32 Å². The number of aromatic nitrogens is 2. The van der Waals surface area contributed by atoms with E-state index in [4.69, 9.17) is 0 Å². The number of rotatable bonds is 4. The number of hydrogen-bond acceptors (Lipinski definition) is 3. The zero-order valence-electron chi connectivity index (χ0n) is 14.7. The number of nitrogens with zero attached hydrogens (tertiary/aromatic N) is 2. The van der Waals surface area contributed by atoms with Gasteiger partial charge < -0.3 is 5.32 Å². The summed E-state index contributed by atoms with van der Waals surface area (Å²) in [7, 11) is 0. The molecule has 3 aromatic rings. The summed E-state index contributed by atoms with van der Waals surface area (Å²) >= 11 is 0. The second kappa shape index (κ2) is 6.89. The first-order valence-corrected chi connectivity index (χ1v) is 8.33. The van der Waals surface area contributed by atoms with Gasteiger partial charge in [0.15, 0.2) is 0 Å². The molecule has 128 valence electrons. The second-order valence-corrected chi connectivity index (χ2v) is 6.21. The summed E-state index contributed by atoms with van der Waals surface area (Å²) < 4.78 is 1.35. The first-order valence-electron chi connectivity index (χ1n) is 8.33. The van der Waals surface area contributed by atoms with E-state index in [0.29, 0.717) is 10.9 Å². The monoisotopic (exact) mass is 335 g/mol. The van der Waals surface area contributed by atoms with Crippen LogP contribution in [0.4, 0.5) is 5.69 Å². The van der Waals surface area contributed by atoms with E-state index in [1.807, 2.05) is 51.1 Å². The van der Waals surface area contributed by atoms with Gasteiger partial charge >= 0.3 is 0 Å². The number of aryl methyl sites for hydroxylation is 3. The maximum absolute atomic E-state index is 12.6. The van der Waals surface area contributed by atoms with E-state index >= 15 is 0 Å². The zero-order valence-corrected chi connectivity index (χ0v) is 14.7. The van der Waals surface area contributed by atoms with Crippen molar-refractivity contribution in [2.24, 2.45) is 0 Å². The number of benzene rings is 2. The van der Waals surface area contributed by atoms with Gasteiger partial charge in [0, 0.05) is 5.69 Å². The number of carbonyl (C=O) groups excluding carboxylic acids is 1. The molecule has 0 saturated heterocycles. The van der Waals surface area contributed by atoms with Gasteiger partial charge in [-0.1, -0.05) is 36.8 Å². The smallest absolute Gasteiger partial charge is 0.261 e. The molecule has 5 heteroatoms. The third-order valence-electron chi connectivity index (χ3n) is 4.30. The molecular formula is C20H21N3O2. The van der Waals surface area contributed by atoms with Gasteiger partial charge in [-0.3, -0.25) is 14.2 Å². The molecule has 1 amide bonds. The van der Waals surface area contributed by atoms with Crippen LogP contribution in [0.5, 0.6) is 0 Å². The van der Waals surface area contributed by atoms with Gasteiger partial charge in [0.25, 0.3) is 5.56 Å². The molecule has 0 spiro atoms. The number of carbonyl (C=O) groups is 1. The molecule has 0 atom stereocenters. The lowest BCUT2D eigenvalue weighted by molar-refractivity contribution is -0.116. The molecule has 0 fully saturated rings. The van der Waals surface area contributed by atoms with Crippen LogP contribution >= 0.6 is 0 Å². The Morgan fingerprint density at radius 1 is 1.20 bits per heavy atom. The van der Waals surface area contributed by atoms with Crippen molar-refractivity contribution in [1.29, 1.82) is 0 Å². The number of fused-ring (bicyclic) bond motifs is 1. The molecule has 0 saturated carbocycles. The van der Waals surface area contributed by atoms with E-state index in [1.54, 1.807) is 6.07 Å². The fourth-order valence-electron chi connectivity index (χ4n) is 2.92. The Labute approximate surface area is 146 Å². The van der Waals surface area contributed by atoms with Crippen LogP contribution in [-0.2, 0) is 17.8 Å². The van der Waals surface area contributed by atoms with Gasteiger partial charge in [-0.15, -0.1) is 0 Å². The molecule has 5 nitrogen and oxygen atoms in total. The molecule has 25 heavy (non-hydrogen) atoms. The Morgan fingerprint density at radius 2 is 2.00 bits per heavy atom. The molecule has 3 rings (SSSR count). The van der Waals surface area contributed by atoms with E-state index in [2.05, 4.69) is 10.3 Å². The summed E-state index contributed by atoms with van der Waals surface area (Å²) in [6, 6.07) is 11.5. The van der Waals surface area contributed by atoms with Crippen LogP contribution in [0, 0.1) is 13.8 Å². The van der Waals surface area contributed by atoms with Crippen molar-refractivity contribution in [1.82, 2.24) is 9.55 Å². The minimum absolute atomic E-state index is 0.0623. The zero-order chi connectivity index (χ0) is 18.0. The van der Waals surface area contributed by atoms with Crippen LogP contribution in [0.3, 0.4) is 0 Å². The van der Waals surface area contributed by atoms with Crippen molar-refractivity contribution in [3.8, 4) is 0 Å². The van der Waals surface area contributed by atoms with Crippen molar-refractivity contribution >= 4 is 22.5 Å². The lowest BCUT2D eigenvalue weighted by atomic mass is 10.1. The highest BCUT2D eigenvalue weighted by atomic mass is 16.2. The Balaban J connectivity index is 1.88. The van der Waals surface area contributed by atoms with Gasteiger partial charge in [0.1, 0.15) is 6.54 Å². The minimum atomic E-state index is -0.236. The van der Waals surface area contributed by atoms with Gasteiger partial charge in [0.2, 0.25) is 5.91 Å². The fraction of sp³-hybridized carbons (Fsp3) is 0.250. The third-order valence-corrected chi connectivity index (χ3v) is 4.30. The topological polar surface area (TPSA) is 64.0 Å². The largest absolute Gasteiger partial charge is 0.324 e. The van der Waals surface area contributed by atoms with Crippen LogP contribution < -0.4 is 10.9 Å². The molecule has 0 aliphatic rings. The fourth-order valence-corrected chi connectivity index (χ4v) is 2.92. The average Bonchev–Trinajstić information content (AvgIpc) is 2.59. The predicted octanol–water partition coefficient (Wildman–Crippen LogP) is 3.21. The van der Waals surface area contributed by atoms with Crippen LogP contribution in [0.25, 0.3) is 10.9 Å². The third kappa shape index (κ3) is 3.45. The van der Waals surface area contributed by atoms with Gasteiger partial charge in [-0.2, -0.15) is 0 Å². The Morgan fingerprint density at radius 3 is 2.76 bits per heavy atom. The average molecular weight is 335 g/mol. The summed E-state index contributed by atoms with van der Waals surface area (Å²) in [5, 5.41) is 3.47. The van der Waals surface area contributed by atoms with Crippen LogP contribution in [0.2, 0.25) is 0 Å². The highest BCUT2D eigenvalue weighted by molar-refractivity contribution is 5.92. The molecule has 1 heterocycles. The van der Waals surface area contributed by atoms with E-state index in [-0.39, 0.29) is 18.0 Å². The van der Waals surface area contributed by atoms with Crippen LogP contribution in [0.15, 0.2) is 47.5 Å². The molecule has 0 aliphatic carbocycles. The summed E-state index contributed by atoms with van der Waals surface area (Å²) in [4.78, 5) is 29.3. The highest BCUT2D eigenvalue weighted by Gasteiger charge is 2.11. The first kappa shape index (κ1) is 16.9. The standard InChI is InChI=1S/C20H21N3O2/c1-4-15-7-5-6-14(3)19(15)22-18(24)11-23-12-21-17-9-8-13(2)10-16(17)20(23)25/h5-10,12H,4,11H2,1-3H3,(H,22,24). The summed E-state index contributed by atoms with van der Waals surface area (Å²) in [6.45, 7) is 5.87. The maximum atomic E-state index is 12.6. The molecule has 0 unspecified atom stereocenters. The van der Waals surface area contributed by atoms with E-state index < -0.39 is 0 Å². The normalized spacial score (nSPS) is 10.8. The van der Waals surface area contributed by atoms with Crippen molar-refractivity contribution in [3.05, 3.63) is 69.8 Å². The van der Waals surface area contributed by atoms with Crippen molar-refractivity contribution in [3.63, 3.8) is 0 Å². The number of nitrogens with one attached hydrogen (secondary N) is 1. The maximum Gasteiger partial charge on any atom is 0.261 e. The van der Waals surface area contributed by atoms with E-state index in [9.17, 15) is 9.59 Å². The van der Waals surface area contributed by atoms with Crippen molar-refractivity contribution < 1.29 is 4.79 Å². The van der Waals surface area contributed by atoms with E-state index in [1.165, 1.54) is 10.9 Å². The Hall–Kier alpha value is -2.95. The Kier molecular flexibility index (Phi) is 4.65. The molecule has 2 aromatic carbocycles. The number of hydrogen-bond donors (Lipinski definition) is 1. The summed E-state index contributed by atoms with van der Waals surface area (Å²) in [5.74, 6) is -0.236. The van der Waals surface area contributed by atoms with Gasteiger partial charge in [-0.05, 0) is 43.5 Å². The second-order valence-electron chi connectivity index (χ2n) is 6.21. The molecule has 0 radical (unpaired) electrons. The quantitative estimate of drug-likeness (QED) is 0.796.